The lowest BCUT2D eigenvalue weighted by Gasteiger charge is -2.28. The molecule has 0 saturated heterocycles. The fourth-order valence-electron chi connectivity index (χ4n) is 3.49. The molecular weight excluding hydrogens is 345 g/mol. The number of aromatic nitrogens is 1. The third kappa shape index (κ3) is 3.52. The molecule has 2 heteroatoms. The first kappa shape index (κ1) is 17.5. The van der Waals surface area contributed by atoms with Gasteiger partial charge >= 0.3 is 0 Å². The molecule has 4 aromatic rings. The lowest BCUT2D eigenvalue weighted by molar-refractivity contribution is 1.27. The fourth-order valence-corrected chi connectivity index (χ4v) is 7.30. The molecule has 0 N–H and O–H groups in total. The van der Waals surface area contributed by atoms with E-state index in [1.165, 1.54) is 21.5 Å². The van der Waals surface area contributed by atoms with Crippen LogP contribution in [0.3, 0.4) is 0 Å². The first-order valence-electron chi connectivity index (χ1n) is 9.13. The molecule has 0 bridgehead atoms. The van der Waals surface area contributed by atoms with Crippen LogP contribution in [0.4, 0.5) is 0 Å². The zero-order valence-corrected chi connectivity index (χ0v) is 16.3. The number of aryl methyl sites for hydroxylation is 1. The maximum Gasteiger partial charge on any atom is 0.0642 e. The Kier molecular flexibility index (Phi) is 5.05. The maximum absolute atomic E-state index is 4.67. The second-order valence-electron chi connectivity index (χ2n) is 6.62. The van der Waals surface area contributed by atoms with Crippen LogP contribution in [0, 0.1) is 6.92 Å². The van der Waals surface area contributed by atoms with E-state index in [1.54, 1.807) is 0 Å². The normalized spacial score (nSPS) is 11.1. The monoisotopic (exact) mass is 367 g/mol. The summed E-state index contributed by atoms with van der Waals surface area (Å²) in [6.07, 6.45) is 1.90. The van der Waals surface area contributed by atoms with Crippen molar-refractivity contribution in [1.82, 2.24) is 4.98 Å². The summed E-state index contributed by atoms with van der Waals surface area (Å²) in [4.78, 5) is 4.67. The van der Waals surface area contributed by atoms with Crippen LogP contribution in [0.2, 0.25) is 0 Å². The van der Waals surface area contributed by atoms with Crippen molar-refractivity contribution in [3.63, 3.8) is 0 Å². The lowest BCUT2D eigenvalue weighted by atomic mass is 10.3. The summed E-state index contributed by atoms with van der Waals surface area (Å²) in [6.45, 7) is 0.135. The third-order valence-electron chi connectivity index (χ3n) is 4.75. The van der Waals surface area contributed by atoms with Crippen molar-refractivity contribution in [2.45, 2.75) is 6.92 Å². The molecule has 0 atom stereocenters. The van der Waals surface area contributed by atoms with E-state index >= 15 is 0 Å². The molecule has 3 aromatic carbocycles. The summed E-state index contributed by atoms with van der Waals surface area (Å²) < 4.78 is 0. The van der Waals surface area contributed by atoms with Gasteiger partial charge in [-0.05, 0) is 53.2 Å². The Labute approximate surface area is 161 Å². The van der Waals surface area contributed by atoms with Gasteiger partial charge in [-0.25, -0.2) is 0 Å². The number of rotatable bonds is 4. The van der Waals surface area contributed by atoms with E-state index in [-0.39, 0.29) is 0 Å². The van der Waals surface area contributed by atoms with Crippen molar-refractivity contribution < 1.29 is 0 Å². The van der Waals surface area contributed by atoms with Gasteiger partial charge < -0.3 is 0 Å². The Morgan fingerprint density at radius 3 is 1.48 bits per heavy atom. The van der Waals surface area contributed by atoms with E-state index in [0.717, 1.165) is 5.69 Å². The molecule has 0 radical (unpaired) electrons. The van der Waals surface area contributed by atoms with Gasteiger partial charge in [0.1, 0.15) is 0 Å². The van der Waals surface area contributed by atoms with E-state index in [2.05, 4.69) is 115 Å². The van der Waals surface area contributed by atoms with Crippen LogP contribution < -0.4 is 15.9 Å². The van der Waals surface area contributed by atoms with Gasteiger partial charge in [0.05, 0.1) is 5.69 Å². The zero-order chi connectivity index (χ0) is 18.5. The van der Waals surface area contributed by atoms with Crippen molar-refractivity contribution in [2.75, 3.05) is 0 Å². The van der Waals surface area contributed by atoms with Crippen molar-refractivity contribution in [2.24, 2.45) is 0 Å². The number of benzene rings is 3. The van der Waals surface area contributed by atoms with Crippen molar-refractivity contribution in [3.05, 3.63) is 121 Å². The molecule has 0 fully saturated rings. The van der Waals surface area contributed by atoms with Crippen molar-refractivity contribution in [3.8, 4) is 0 Å². The Morgan fingerprint density at radius 1 is 0.630 bits per heavy atom. The third-order valence-corrected chi connectivity index (χ3v) is 8.74. The van der Waals surface area contributed by atoms with Crippen molar-refractivity contribution >= 4 is 28.6 Å². The fraction of sp³-hybridized carbons (Fsp3) is 0.0400. The standard InChI is InChI=1S/C25H22NP/c1-21-17-18-26-22(19-21)20-27(23-11-5-2-6-12-23,24-13-7-3-8-14-24)25-15-9-4-10-16-25/h2-20H,1H3. The van der Waals surface area contributed by atoms with Gasteiger partial charge in [-0.1, -0.05) is 91.0 Å². The summed E-state index contributed by atoms with van der Waals surface area (Å²) in [6, 6.07) is 36.8. The minimum Gasteiger partial charge on any atom is -0.257 e. The minimum atomic E-state index is -1.98. The Bertz CT molecular complexity index is 967. The van der Waals surface area contributed by atoms with Crippen LogP contribution in [0.15, 0.2) is 109 Å². The van der Waals surface area contributed by atoms with Crippen LogP contribution in [0.5, 0.6) is 0 Å². The molecule has 0 aliphatic heterocycles. The molecule has 0 spiro atoms. The van der Waals surface area contributed by atoms with Gasteiger partial charge in [0.25, 0.3) is 0 Å². The molecule has 27 heavy (non-hydrogen) atoms. The summed E-state index contributed by atoms with van der Waals surface area (Å²) in [5, 5.41) is 4.02. The number of hydrogen-bond donors (Lipinski definition) is 0. The molecule has 1 aromatic heterocycles. The van der Waals surface area contributed by atoms with Crippen LogP contribution in [0.25, 0.3) is 0 Å². The summed E-state index contributed by atoms with van der Waals surface area (Å²) in [7, 11) is 0. The average molecular weight is 367 g/mol. The average Bonchev–Trinajstić information content (AvgIpc) is 2.74. The lowest BCUT2D eigenvalue weighted by Crippen LogP contribution is -2.27. The van der Waals surface area contributed by atoms with Gasteiger partial charge in [-0.15, -0.1) is 0 Å². The molecule has 0 unspecified atom stereocenters. The second-order valence-corrected chi connectivity index (χ2v) is 9.87. The molecule has 0 aliphatic carbocycles. The van der Waals surface area contributed by atoms with Crippen LogP contribution in [0.1, 0.15) is 11.3 Å². The molecule has 0 amide bonds. The van der Waals surface area contributed by atoms with E-state index in [9.17, 15) is 0 Å². The highest BCUT2D eigenvalue weighted by Gasteiger charge is 2.25. The first-order valence-corrected chi connectivity index (χ1v) is 11.0. The first-order chi connectivity index (χ1) is 13.3. The smallest absolute Gasteiger partial charge is 0.0642 e. The molecule has 0 saturated carbocycles. The molecule has 1 nitrogen and oxygen atoms in total. The Balaban J connectivity index is 2.13. The number of pyridine rings is 1. The number of nitrogens with zero attached hydrogens (tertiary/aromatic N) is 1. The van der Waals surface area contributed by atoms with E-state index in [4.69, 9.17) is 0 Å². The van der Waals surface area contributed by atoms with Crippen LogP contribution in [-0.4, -0.2) is 10.8 Å². The van der Waals surface area contributed by atoms with Crippen LogP contribution in [-0.2, 0) is 0 Å². The minimum absolute atomic E-state index is 1.03. The highest BCUT2D eigenvalue weighted by atomic mass is 31.2. The largest absolute Gasteiger partial charge is 0.257 e. The SMILES string of the molecule is Cc1ccnc(C=P(c2ccccc2)(c2ccccc2)c2ccccc2)c1. The van der Waals surface area contributed by atoms with Gasteiger partial charge in [0, 0.05) is 6.20 Å². The Hall–Kier alpha value is -2.89. The van der Waals surface area contributed by atoms with E-state index < -0.39 is 6.89 Å². The number of hydrogen-bond acceptors (Lipinski definition) is 1. The van der Waals surface area contributed by atoms with Gasteiger partial charge in [0.15, 0.2) is 0 Å². The topological polar surface area (TPSA) is 12.9 Å². The van der Waals surface area contributed by atoms with Crippen LogP contribution >= 0.6 is 6.89 Å². The van der Waals surface area contributed by atoms with E-state index in [1.807, 2.05) is 12.3 Å². The molecule has 1 heterocycles. The van der Waals surface area contributed by atoms with E-state index in [0.29, 0.717) is 0 Å². The molecular formula is C25H22NP. The molecule has 132 valence electrons. The predicted molar refractivity (Wildman–Crippen MR) is 119 cm³/mol. The maximum atomic E-state index is 4.67. The molecule has 4 rings (SSSR count). The summed E-state index contributed by atoms with van der Waals surface area (Å²) in [5.41, 5.74) is 2.25. The van der Waals surface area contributed by atoms with Crippen molar-refractivity contribution in [1.29, 1.82) is 0 Å². The van der Waals surface area contributed by atoms with Gasteiger partial charge in [-0.3, -0.25) is 4.98 Å². The predicted octanol–water partition coefficient (Wildman–Crippen LogP) is 4.53. The summed E-state index contributed by atoms with van der Waals surface area (Å²) in [5.74, 6) is 2.40. The highest BCUT2D eigenvalue weighted by Crippen LogP contribution is 2.44. The van der Waals surface area contributed by atoms with Gasteiger partial charge in [-0.2, -0.15) is 0 Å². The van der Waals surface area contributed by atoms with Gasteiger partial charge in [0.2, 0.25) is 0 Å². The quantitative estimate of drug-likeness (QED) is 0.483. The summed E-state index contributed by atoms with van der Waals surface area (Å²) >= 11 is 0. The Morgan fingerprint density at radius 2 is 1.07 bits per heavy atom. The highest BCUT2D eigenvalue weighted by molar-refractivity contribution is 7.94. The second kappa shape index (κ2) is 7.78. The zero-order valence-electron chi connectivity index (χ0n) is 15.4. The molecule has 0 aliphatic rings.